The van der Waals surface area contributed by atoms with Crippen LogP contribution in [0.1, 0.15) is 48.0 Å². The molecule has 1 N–H and O–H groups in total. The van der Waals surface area contributed by atoms with Gasteiger partial charge in [0.15, 0.2) is 0 Å². The highest BCUT2D eigenvalue weighted by atomic mass is 15.2. The maximum absolute atomic E-state index is 9.33. The highest BCUT2D eigenvalue weighted by Gasteiger charge is 2.27. The fraction of sp³-hybridized carbons (Fsp3) is 0.929. The van der Waals surface area contributed by atoms with E-state index < -0.39 is 5.54 Å². The lowest BCUT2D eigenvalue weighted by Gasteiger charge is -2.33. The first-order valence-corrected chi connectivity index (χ1v) is 6.78. The number of hydrogen-bond acceptors (Lipinski definition) is 3. The lowest BCUT2D eigenvalue weighted by molar-refractivity contribution is 0.196. The maximum atomic E-state index is 9.33. The predicted octanol–water partition coefficient (Wildman–Crippen LogP) is 2.63. The summed E-state index contributed by atoms with van der Waals surface area (Å²) in [5, 5.41) is 12.7. The third kappa shape index (κ3) is 6.65. The third-order valence-electron chi connectivity index (χ3n) is 3.11. The zero-order valence-corrected chi connectivity index (χ0v) is 12.4. The van der Waals surface area contributed by atoms with Crippen LogP contribution in [0.25, 0.3) is 0 Å². The van der Waals surface area contributed by atoms with Crippen LogP contribution in [0.2, 0.25) is 0 Å². The molecule has 0 aromatic heterocycles. The second-order valence-corrected chi connectivity index (χ2v) is 5.58. The van der Waals surface area contributed by atoms with E-state index in [1.54, 1.807) is 0 Å². The fourth-order valence-electron chi connectivity index (χ4n) is 2.07. The van der Waals surface area contributed by atoms with Gasteiger partial charge in [0.05, 0.1) is 6.07 Å². The van der Waals surface area contributed by atoms with E-state index in [9.17, 15) is 5.26 Å². The van der Waals surface area contributed by atoms with Gasteiger partial charge in [0.2, 0.25) is 0 Å². The molecule has 100 valence electrons. The standard InChI is InChI=1S/C14H29N3/c1-7-13(5)9-17(8-2)11-14(6,10-15)16-12(3)4/h12-13,16H,7-9,11H2,1-6H3. The second-order valence-electron chi connectivity index (χ2n) is 5.58. The van der Waals surface area contributed by atoms with Crippen LogP contribution < -0.4 is 5.32 Å². The van der Waals surface area contributed by atoms with Crippen molar-refractivity contribution in [1.82, 2.24) is 10.2 Å². The maximum Gasteiger partial charge on any atom is 0.116 e. The molecule has 3 heteroatoms. The Morgan fingerprint density at radius 3 is 2.24 bits per heavy atom. The van der Waals surface area contributed by atoms with Crippen LogP contribution in [-0.2, 0) is 0 Å². The molecule has 0 rings (SSSR count). The van der Waals surface area contributed by atoms with Gasteiger partial charge in [0.1, 0.15) is 5.54 Å². The number of hydrogen-bond donors (Lipinski definition) is 1. The van der Waals surface area contributed by atoms with E-state index in [4.69, 9.17) is 0 Å². The molecule has 2 atom stereocenters. The van der Waals surface area contributed by atoms with Gasteiger partial charge in [-0.05, 0) is 33.2 Å². The minimum atomic E-state index is -0.447. The van der Waals surface area contributed by atoms with E-state index in [2.05, 4.69) is 50.9 Å². The minimum absolute atomic E-state index is 0.335. The summed E-state index contributed by atoms with van der Waals surface area (Å²) in [6, 6.07) is 2.75. The molecule has 2 unspecified atom stereocenters. The average molecular weight is 239 g/mol. The van der Waals surface area contributed by atoms with Gasteiger partial charge in [-0.1, -0.05) is 27.2 Å². The molecule has 0 aromatic carbocycles. The topological polar surface area (TPSA) is 39.1 Å². The monoisotopic (exact) mass is 239 g/mol. The third-order valence-corrected chi connectivity index (χ3v) is 3.11. The molecule has 0 heterocycles. The normalized spacial score (nSPS) is 16.9. The molecule has 17 heavy (non-hydrogen) atoms. The van der Waals surface area contributed by atoms with E-state index in [0.717, 1.165) is 19.6 Å². The smallest absolute Gasteiger partial charge is 0.116 e. The Labute approximate surface area is 107 Å². The second kappa shape index (κ2) is 7.68. The highest BCUT2D eigenvalue weighted by Crippen LogP contribution is 2.10. The predicted molar refractivity (Wildman–Crippen MR) is 73.9 cm³/mol. The summed E-state index contributed by atoms with van der Waals surface area (Å²) in [6.45, 7) is 15.7. The van der Waals surface area contributed by atoms with Crippen LogP contribution in [0, 0.1) is 17.2 Å². The van der Waals surface area contributed by atoms with Gasteiger partial charge in [-0.3, -0.25) is 5.32 Å². The van der Waals surface area contributed by atoms with Gasteiger partial charge in [-0.2, -0.15) is 5.26 Å². The molecule has 0 aromatic rings. The van der Waals surface area contributed by atoms with E-state index >= 15 is 0 Å². The Kier molecular flexibility index (Phi) is 7.41. The van der Waals surface area contributed by atoms with Crippen LogP contribution in [0.15, 0.2) is 0 Å². The number of likely N-dealkylation sites (N-methyl/N-ethyl adjacent to an activating group) is 1. The van der Waals surface area contributed by atoms with Gasteiger partial charge < -0.3 is 4.90 Å². The van der Waals surface area contributed by atoms with Gasteiger partial charge in [0.25, 0.3) is 0 Å². The molecule has 0 radical (unpaired) electrons. The highest BCUT2D eigenvalue weighted by molar-refractivity contribution is 5.06. The molecule has 0 spiro atoms. The summed E-state index contributed by atoms with van der Waals surface area (Å²) in [6.07, 6.45) is 1.19. The molecular weight excluding hydrogens is 210 g/mol. The molecule has 0 aliphatic heterocycles. The van der Waals surface area contributed by atoms with Crippen LogP contribution in [0.3, 0.4) is 0 Å². The Morgan fingerprint density at radius 1 is 1.29 bits per heavy atom. The van der Waals surface area contributed by atoms with E-state index in [-0.39, 0.29) is 0 Å². The SMILES string of the molecule is CCC(C)CN(CC)CC(C)(C#N)NC(C)C. The van der Waals surface area contributed by atoms with E-state index in [1.165, 1.54) is 6.42 Å². The van der Waals surface area contributed by atoms with Crippen molar-refractivity contribution < 1.29 is 0 Å². The first-order chi connectivity index (χ1) is 7.86. The van der Waals surface area contributed by atoms with Crippen molar-refractivity contribution in [1.29, 1.82) is 5.26 Å². The van der Waals surface area contributed by atoms with Crippen LogP contribution >= 0.6 is 0 Å². The van der Waals surface area contributed by atoms with E-state index in [0.29, 0.717) is 12.0 Å². The Morgan fingerprint density at radius 2 is 1.88 bits per heavy atom. The Hall–Kier alpha value is -0.590. The first-order valence-electron chi connectivity index (χ1n) is 6.78. The summed E-state index contributed by atoms with van der Waals surface area (Å²) in [5.74, 6) is 0.692. The summed E-state index contributed by atoms with van der Waals surface area (Å²) < 4.78 is 0. The zero-order chi connectivity index (χ0) is 13.5. The van der Waals surface area contributed by atoms with E-state index in [1.807, 2.05) is 6.92 Å². The van der Waals surface area contributed by atoms with Crippen molar-refractivity contribution in [2.75, 3.05) is 19.6 Å². The quantitative estimate of drug-likeness (QED) is 0.708. The molecule has 0 amide bonds. The molecule has 0 saturated carbocycles. The first kappa shape index (κ1) is 16.4. The molecule has 0 fully saturated rings. The van der Waals surface area contributed by atoms with Crippen molar-refractivity contribution in [3.63, 3.8) is 0 Å². The van der Waals surface area contributed by atoms with Crippen molar-refractivity contribution in [2.24, 2.45) is 5.92 Å². The van der Waals surface area contributed by atoms with Gasteiger partial charge in [-0.15, -0.1) is 0 Å². The van der Waals surface area contributed by atoms with Gasteiger partial charge >= 0.3 is 0 Å². The number of rotatable bonds is 8. The number of nitrogens with one attached hydrogen (secondary N) is 1. The summed E-state index contributed by atoms with van der Waals surface area (Å²) in [7, 11) is 0. The fourth-order valence-corrected chi connectivity index (χ4v) is 2.07. The Bertz CT molecular complexity index is 244. The van der Waals surface area contributed by atoms with Crippen molar-refractivity contribution in [2.45, 2.75) is 59.5 Å². The molecule has 0 aliphatic rings. The summed E-state index contributed by atoms with van der Waals surface area (Å²) in [5.41, 5.74) is -0.447. The lowest BCUT2D eigenvalue weighted by atomic mass is 10.0. The largest absolute Gasteiger partial charge is 0.300 e. The average Bonchev–Trinajstić information content (AvgIpc) is 2.26. The summed E-state index contributed by atoms with van der Waals surface area (Å²) >= 11 is 0. The van der Waals surface area contributed by atoms with Gasteiger partial charge in [0, 0.05) is 19.1 Å². The molecule has 0 bridgehead atoms. The van der Waals surface area contributed by atoms with Crippen LogP contribution in [-0.4, -0.2) is 36.1 Å². The molecule has 0 saturated heterocycles. The zero-order valence-electron chi connectivity index (χ0n) is 12.4. The number of nitrogens with zero attached hydrogens (tertiary/aromatic N) is 2. The summed E-state index contributed by atoms with van der Waals surface area (Å²) in [4.78, 5) is 2.37. The number of nitriles is 1. The van der Waals surface area contributed by atoms with Crippen molar-refractivity contribution in [3.8, 4) is 6.07 Å². The molecule has 3 nitrogen and oxygen atoms in total. The van der Waals surface area contributed by atoms with Crippen molar-refractivity contribution in [3.05, 3.63) is 0 Å². The van der Waals surface area contributed by atoms with Crippen LogP contribution in [0.4, 0.5) is 0 Å². The van der Waals surface area contributed by atoms with Crippen molar-refractivity contribution >= 4 is 0 Å². The molecular formula is C14H29N3. The Balaban J connectivity index is 4.46. The minimum Gasteiger partial charge on any atom is -0.300 e. The lowest BCUT2D eigenvalue weighted by Crippen LogP contribution is -2.53. The van der Waals surface area contributed by atoms with Crippen LogP contribution in [0.5, 0.6) is 0 Å². The van der Waals surface area contributed by atoms with Gasteiger partial charge in [-0.25, -0.2) is 0 Å². The molecule has 0 aliphatic carbocycles.